The van der Waals surface area contributed by atoms with E-state index >= 15 is 0 Å². The van der Waals surface area contributed by atoms with Crippen LogP contribution in [0.5, 0.6) is 0 Å². The van der Waals surface area contributed by atoms with Crippen molar-refractivity contribution >= 4 is 11.6 Å². The normalized spacial score (nSPS) is 12.1. The molecule has 5 nitrogen and oxygen atoms in total. The molecule has 1 aromatic carbocycles. The topological polar surface area (TPSA) is 86.2 Å². The predicted octanol–water partition coefficient (Wildman–Crippen LogP) is 2.04. The third-order valence-corrected chi connectivity index (χ3v) is 2.76. The molecule has 1 aromatic rings. The van der Waals surface area contributed by atoms with Crippen molar-refractivity contribution in [2.75, 3.05) is 0 Å². The highest BCUT2D eigenvalue weighted by Gasteiger charge is 2.17. The van der Waals surface area contributed by atoms with Crippen LogP contribution in [-0.2, 0) is 11.2 Å². The number of hydrogen-bond acceptors (Lipinski definition) is 3. The fourth-order valence-electron chi connectivity index (χ4n) is 1.82. The number of nitro groups is 1. The molecule has 92 valence electrons. The number of nitrogens with two attached hydrogens (primary N) is 1. The number of para-hydroxylation sites is 1. The number of nitro benzene ring substituents is 1. The summed E-state index contributed by atoms with van der Waals surface area (Å²) in [6.07, 6.45) is 1.55. The first-order valence-electron chi connectivity index (χ1n) is 5.55. The van der Waals surface area contributed by atoms with Gasteiger partial charge < -0.3 is 5.73 Å². The molecule has 0 spiro atoms. The van der Waals surface area contributed by atoms with E-state index in [0.29, 0.717) is 12.0 Å². The highest BCUT2D eigenvalue weighted by atomic mass is 16.6. The highest BCUT2D eigenvalue weighted by molar-refractivity contribution is 5.74. The van der Waals surface area contributed by atoms with Crippen LogP contribution in [0.3, 0.4) is 0 Å². The Morgan fingerprint density at radius 3 is 2.65 bits per heavy atom. The van der Waals surface area contributed by atoms with E-state index in [9.17, 15) is 14.9 Å². The second-order valence-electron chi connectivity index (χ2n) is 4.03. The summed E-state index contributed by atoms with van der Waals surface area (Å²) in [7, 11) is 0. The van der Waals surface area contributed by atoms with E-state index in [4.69, 9.17) is 5.73 Å². The van der Waals surface area contributed by atoms with Crippen LogP contribution in [0, 0.1) is 16.0 Å². The summed E-state index contributed by atoms with van der Waals surface area (Å²) < 4.78 is 0. The molecule has 0 aliphatic carbocycles. The number of carbonyl (C=O) groups excluding carboxylic acids is 1. The number of amides is 1. The van der Waals surface area contributed by atoms with Crippen LogP contribution in [0.4, 0.5) is 5.69 Å². The van der Waals surface area contributed by atoms with Crippen molar-refractivity contribution in [3.8, 4) is 0 Å². The molecular weight excluding hydrogens is 220 g/mol. The maximum Gasteiger partial charge on any atom is 0.272 e. The van der Waals surface area contributed by atoms with E-state index in [1.807, 2.05) is 6.92 Å². The average Bonchev–Trinajstić information content (AvgIpc) is 2.28. The van der Waals surface area contributed by atoms with Crippen LogP contribution >= 0.6 is 0 Å². The second-order valence-corrected chi connectivity index (χ2v) is 4.03. The molecule has 0 heterocycles. The van der Waals surface area contributed by atoms with E-state index in [1.165, 1.54) is 6.07 Å². The fourth-order valence-corrected chi connectivity index (χ4v) is 1.82. The molecule has 2 N–H and O–H groups in total. The van der Waals surface area contributed by atoms with Crippen molar-refractivity contribution in [2.24, 2.45) is 11.7 Å². The van der Waals surface area contributed by atoms with Gasteiger partial charge in [-0.1, -0.05) is 31.5 Å². The Labute approximate surface area is 99.8 Å². The predicted molar refractivity (Wildman–Crippen MR) is 64.4 cm³/mol. The molecule has 0 fully saturated rings. The van der Waals surface area contributed by atoms with Crippen molar-refractivity contribution in [2.45, 2.75) is 26.2 Å². The minimum absolute atomic E-state index is 0.0635. The fraction of sp³-hybridized carbons (Fsp3) is 0.417. The summed E-state index contributed by atoms with van der Waals surface area (Å²) in [6, 6.07) is 6.60. The quantitative estimate of drug-likeness (QED) is 0.605. The summed E-state index contributed by atoms with van der Waals surface area (Å²) in [4.78, 5) is 21.3. The summed E-state index contributed by atoms with van der Waals surface area (Å²) in [5.41, 5.74) is 5.91. The Kier molecular flexibility index (Phi) is 4.63. The lowest BCUT2D eigenvalue weighted by atomic mass is 9.93. The average molecular weight is 236 g/mol. The van der Waals surface area contributed by atoms with Crippen LogP contribution in [0.25, 0.3) is 0 Å². The van der Waals surface area contributed by atoms with Gasteiger partial charge in [0.15, 0.2) is 0 Å². The molecule has 0 bridgehead atoms. The monoisotopic (exact) mass is 236 g/mol. The highest BCUT2D eigenvalue weighted by Crippen LogP contribution is 2.23. The van der Waals surface area contributed by atoms with Crippen molar-refractivity contribution in [1.82, 2.24) is 0 Å². The van der Waals surface area contributed by atoms with Gasteiger partial charge in [-0.2, -0.15) is 0 Å². The molecule has 1 rings (SSSR count). The van der Waals surface area contributed by atoms with Crippen molar-refractivity contribution in [1.29, 1.82) is 0 Å². The first kappa shape index (κ1) is 13.2. The lowest BCUT2D eigenvalue weighted by Crippen LogP contribution is -2.17. The van der Waals surface area contributed by atoms with Gasteiger partial charge in [-0.05, 0) is 12.3 Å². The second kappa shape index (κ2) is 5.98. The van der Waals surface area contributed by atoms with E-state index < -0.39 is 4.92 Å². The standard InChI is InChI=1S/C12H16N2O3/c1-2-9(8-12(13)15)7-10-5-3-4-6-11(10)14(16)17/h3-6,9H,2,7-8H2,1H3,(H2,13,15). The first-order chi connectivity index (χ1) is 8.04. The molecule has 5 heteroatoms. The lowest BCUT2D eigenvalue weighted by Gasteiger charge is -2.12. The molecular formula is C12H16N2O3. The SMILES string of the molecule is CCC(CC(N)=O)Cc1ccccc1[N+](=O)[O-]. The van der Waals surface area contributed by atoms with Crippen LogP contribution in [0.2, 0.25) is 0 Å². The number of carbonyl (C=O) groups is 1. The molecule has 0 radical (unpaired) electrons. The minimum atomic E-state index is -0.397. The van der Waals surface area contributed by atoms with Gasteiger partial charge in [-0.3, -0.25) is 14.9 Å². The van der Waals surface area contributed by atoms with Gasteiger partial charge in [0.25, 0.3) is 5.69 Å². The third kappa shape index (κ3) is 3.86. The van der Waals surface area contributed by atoms with Gasteiger partial charge >= 0.3 is 0 Å². The van der Waals surface area contributed by atoms with Crippen LogP contribution < -0.4 is 5.73 Å². The van der Waals surface area contributed by atoms with Gasteiger partial charge in [0, 0.05) is 18.1 Å². The smallest absolute Gasteiger partial charge is 0.272 e. The lowest BCUT2D eigenvalue weighted by molar-refractivity contribution is -0.385. The summed E-state index contributed by atoms with van der Waals surface area (Å²) in [6.45, 7) is 1.95. The molecule has 1 amide bonds. The Balaban J connectivity index is 2.85. The minimum Gasteiger partial charge on any atom is -0.370 e. The van der Waals surface area contributed by atoms with Gasteiger partial charge in [0.2, 0.25) is 5.91 Å². The van der Waals surface area contributed by atoms with Crippen LogP contribution in [0.1, 0.15) is 25.3 Å². The number of benzene rings is 1. The zero-order chi connectivity index (χ0) is 12.8. The molecule has 1 atom stereocenters. The Morgan fingerprint density at radius 1 is 1.47 bits per heavy atom. The zero-order valence-electron chi connectivity index (χ0n) is 9.76. The van der Waals surface area contributed by atoms with Crippen molar-refractivity contribution in [3.05, 3.63) is 39.9 Å². The molecule has 0 aliphatic heterocycles. The van der Waals surface area contributed by atoms with E-state index in [-0.39, 0.29) is 23.9 Å². The van der Waals surface area contributed by atoms with Crippen LogP contribution in [0.15, 0.2) is 24.3 Å². The number of primary amides is 1. The van der Waals surface area contributed by atoms with Gasteiger partial charge in [-0.15, -0.1) is 0 Å². The first-order valence-corrected chi connectivity index (χ1v) is 5.55. The number of rotatable bonds is 6. The molecule has 1 unspecified atom stereocenters. The third-order valence-electron chi connectivity index (χ3n) is 2.76. The van der Waals surface area contributed by atoms with Crippen LogP contribution in [-0.4, -0.2) is 10.8 Å². The maximum absolute atomic E-state index is 10.9. The number of hydrogen-bond donors (Lipinski definition) is 1. The van der Waals surface area contributed by atoms with E-state index in [1.54, 1.807) is 18.2 Å². The Bertz CT molecular complexity index is 418. The Morgan fingerprint density at radius 2 is 2.12 bits per heavy atom. The van der Waals surface area contributed by atoms with E-state index in [2.05, 4.69) is 0 Å². The van der Waals surface area contributed by atoms with Crippen molar-refractivity contribution in [3.63, 3.8) is 0 Å². The van der Waals surface area contributed by atoms with Gasteiger partial charge in [0.1, 0.15) is 0 Å². The number of nitrogens with zero attached hydrogens (tertiary/aromatic N) is 1. The summed E-state index contributed by atoms with van der Waals surface area (Å²) >= 11 is 0. The van der Waals surface area contributed by atoms with Gasteiger partial charge in [-0.25, -0.2) is 0 Å². The molecule has 0 aliphatic rings. The molecule has 0 saturated carbocycles. The molecule has 0 aromatic heterocycles. The van der Waals surface area contributed by atoms with E-state index in [0.717, 1.165) is 6.42 Å². The zero-order valence-corrected chi connectivity index (χ0v) is 9.76. The summed E-state index contributed by atoms with van der Waals surface area (Å²) in [5, 5.41) is 10.8. The summed E-state index contributed by atoms with van der Waals surface area (Å²) in [5.74, 6) is -0.302. The molecule has 17 heavy (non-hydrogen) atoms. The van der Waals surface area contributed by atoms with Crippen molar-refractivity contribution < 1.29 is 9.72 Å². The Hall–Kier alpha value is -1.91. The maximum atomic E-state index is 10.9. The van der Waals surface area contributed by atoms with Gasteiger partial charge in [0.05, 0.1) is 4.92 Å². The molecule has 0 saturated heterocycles. The largest absolute Gasteiger partial charge is 0.370 e.